The largest absolute Gasteiger partial charge is 0.330 e. The Hall–Kier alpha value is 0.310. The highest BCUT2D eigenvalue weighted by Gasteiger charge is 2.34. The molecule has 0 spiro atoms. The lowest BCUT2D eigenvalue weighted by atomic mass is 9.66. The van der Waals surface area contributed by atoms with Crippen LogP contribution in [-0.4, -0.2) is 18.1 Å². The van der Waals surface area contributed by atoms with Gasteiger partial charge in [-0.15, -0.1) is 0 Å². The highest BCUT2D eigenvalue weighted by Crippen LogP contribution is 2.43. The summed E-state index contributed by atoms with van der Waals surface area (Å²) in [5.74, 6) is 2.59. The van der Waals surface area contributed by atoms with Gasteiger partial charge in [0.25, 0.3) is 0 Å². The van der Waals surface area contributed by atoms with E-state index in [9.17, 15) is 0 Å². The highest BCUT2D eigenvalue weighted by molar-refractivity contribution is 7.99. The van der Waals surface area contributed by atoms with E-state index in [1.165, 1.54) is 43.6 Å². The molecule has 0 aliphatic heterocycles. The molecule has 1 nitrogen and oxygen atoms in total. The predicted molar refractivity (Wildman–Crippen MR) is 57.6 cm³/mol. The van der Waals surface area contributed by atoms with Crippen LogP contribution < -0.4 is 5.73 Å². The average Bonchev–Trinajstić information content (AvgIpc) is 2.02. The van der Waals surface area contributed by atoms with E-state index in [0.717, 1.165) is 6.54 Å². The third kappa shape index (κ3) is 2.67. The van der Waals surface area contributed by atoms with Crippen molar-refractivity contribution in [1.82, 2.24) is 0 Å². The summed E-state index contributed by atoms with van der Waals surface area (Å²) in [4.78, 5) is 0. The van der Waals surface area contributed by atoms with Crippen molar-refractivity contribution in [2.24, 2.45) is 11.1 Å². The van der Waals surface area contributed by atoms with Crippen molar-refractivity contribution in [1.29, 1.82) is 0 Å². The Morgan fingerprint density at radius 3 is 2.58 bits per heavy atom. The van der Waals surface area contributed by atoms with Gasteiger partial charge >= 0.3 is 0 Å². The van der Waals surface area contributed by atoms with Gasteiger partial charge in [-0.25, -0.2) is 0 Å². The summed E-state index contributed by atoms with van der Waals surface area (Å²) >= 11 is 2.05. The molecule has 0 heterocycles. The molecule has 1 rings (SSSR count). The van der Waals surface area contributed by atoms with Crippen LogP contribution in [0.15, 0.2) is 0 Å². The molecule has 72 valence electrons. The maximum absolute atomic E-state index is 5.78. The van der Waals surface area contributed by atoms with E-state index in [-0.39, 0.29) is 0 Å². The summed E-state index contributed by atoms with van der Waals surface area (Å²) in [6.45, 7) is 3.15. The first-order valence-electron chi connectivity index (χ1n) is 5.11. The molecule has 12 heavy (non-hydrogen) atoms. The number of thioether (sulfide) groups is 1. The second-order valence-corrected chi connectivity index (χ2v) is 5.25. The van der Waals surface area contributed by atoms with E-state index < -0.39 is 0 Å². The molecular weight excluding hydrogens is 166 g/mol. The topological polar surface area (TPSA) is 26.0 Å². The number of rotatable bonds is 6. The fourth-order valence-electron chi connectivity index (χ4n) is 1.93. The van der Waals surface area contributed by atoms with Crippen LogP contribution in [0, 0.1) is 5.41 Å². The monoisotopic (exact) mass is 187 g/mol. The van der Waals surface area contributed by atoms with E-state index in [0.29, 0.717) is 5.41 Å². The highest BCUT2D eigenvalue weighted by atomic mass is 32.2. The minimum Gasteiger partial charge on any atom is -0.330 e. The predicted octanol–water partition coefficient (Wildman–Crippen LogP) is 2.65. The number of nitrogens with two attached hydrogens (primary N) is 1. The summed E-state index contributed by atoms with van der Waals surface area (Å²) in [6.07, 6.45) is 6.94. The van der Waals surface area contributed by atoms with Gasteiger partial charge in [0.15, 0.2) is 0 Å². The quantitative estimate of drug-likeness (QED) is 0.647. The van der Waals surface area contributed by atoms with Crippen LogP contribution in [0.1, 0.15) is 39.0 Å². The molecule has 2 heteroatoms. The van der Waals surface area contributed by atoms with Gasteiger partial charge in [0.05, 0.1) is 0 Å². The molecule has 0 amide bonds. The number of hydrogen-bond acceptors (Lipinski definition) is 2. The lowest BCUT2D eigenvalue weighted by Crippen LogP contribution is -2.37. The zero-order valence-electron chi connectivity index (χ0n) is 8.14. The van der Waals surface area contributed by atoms with Crippen LogP contribution in [0.3, 0.4) is 0 Å². The summed E-state index contributed by atoms with van der Waals surface area (Å²) in [7, 11) is 0. The van der Waals surface area contributed by atoms with Gasteiger partial charge in [-0.3, -0.25) is 0 Å². The summed E-state index contributed by atoms with van der Waals surface area (Å²) in [5.41, 5.74) is 6.35. The Morgan fingerprint density at radius 2 is 2.17 bits per heavy atom. The van der Waals surface area contributed by atoms with Crippen molar-refractivity contribution < 1.29 is 0 Å². The fourth-order valence-corrected chi connectivity index (χ4v) is 2.56. The minimum absolute atomic E-state index is 0.578. The van der Waals surface area contributed by atoms with Crippen LogP contribution >= 0.6 is 11.8 Å². The molecule has 0 radical (unpaired) electrons. The van der Waals surface area contributed by atoms with Gasteiger partial charge in [0.1, 0.15) is 0 Å². The summed E-state index contributed by atoms with van der Waals surface area (Å²) in [6, 6.07) is 0. The maximum Gasteiger partial charge on any atom is -0.00205 e. The first-order chi connectivity index (χ1) is 5.83. The Balaban J connectivity index is 2.04. The maximum atomic E-state index is 5.78. The SMILES string of the molecule is CCSCCCC1(CN)CCC1. The van der Waals surface area contributed by atoms with Crippen molar-refractivity contribution in [2.75, 3.05) is 18.1 Å². The molecule has 0 unspecified atom stereocenters. The molecule has 1 aliphatic carbocycles. The molecule has 1 saturated carbocycles. The second kappa shape index (κ2) is 5.13. The van der Waals surface area contributed by atoms with Gasteiger partial charge in [0.2, 0.25) is 0 Å². The Bertz CT molecular complexity index is 115. The first-order valence-corrected chi connectivity index (χ1v) is 6.26. The first kappa shape index (κ1) is 10.4. The average molecular weight is 187 g/mol. The van der Waals surface area contributed by atoms with E-state index >= 15 is 0 Å². The van der Waals surface area contributed by atoms with Crippen LogP contribution in [0.5, 0.6) is 0 Å². The number of hydrogen-bond donors (Lipinski definition) is 1. The summed E-state index contributed by atoms with van der Waals surface area (Å²) in [5, 5.41) is 0. The normalized spacial score (nSPS) is 20.5. The Labute approximate surface area is 80.5 Å². The molecule has 1 aliphatic rings. The van der Waals surface area contributed by atoms with Crippen molar-refractivity contribution in [3.8, 4) is 0 Å². The van der Waals surface area contributed by atoms with E-state index in [1.807, 2.05) is 0 Å². The minimum atomic E-state index is 0.578. The molecule has 0 bridgehead atoms. The van der Waals surface area contributed by atoms with Crippen molar-refractivity contribution >= 4 is 11.8 Å². The molecule has 1 fully saturated rings. The van der Waals surface area contributed by atoms with E-state index in [4.69, 9.17) is 5.73 Å². The standard InChI is InChI=1S/C10H21NS/c1-2-12-8-4-7-10(9-11)5-3-6-10/h2-9,11H2,1H3. The zero-order chi connectivity index (χ0) is 8.86. The molecule has 0 aromatic carbocycles. The lowest BCUT2D eigenvalue weighted by Gasteiger charge is -2.41. The van der Waals surface area contributed by atoms with E-state index in [1.54, 1.807) is 0 Å². The van der Waals surface area contributed by atoms with Crippen molar-refractivity contribution in [3.63, 3.8) is 0 Å². The smallest absolute Gasteiger partial charge is 0.00205 e. The molecule has 0 aromatic heterocycles. The fraction of sp³-hybridized carbons (Fsp3) is 1.00. The van der Waals surface area contributed by atoms with Crippen LogP contribution in [0.2, 0.25) is 0 Å². The molecular formula is C10H21NS. The van der Waals surface area contributed by atoms with Gasteiger partial charge in [-0.1, -0.05) is 13.3 Å². The van der Waals surface area contributed by atoms with Gasteiger partial charge in [-0.2, -0.15) is 11.8 Å². The van der Waals surface area contributed by atoms with Crippen molar-refractivity contribution in [3.05, 3.63) is 0 Å². The molecule has 0 saturated heterocycles. The second-order valence-electron chi connectivity index (χ2n) is 3.86. The van der Waals surface area contributed by atoms with Crippen LogP contribution in [0.4, 0.5) is 0 Å². The molecule has 0 aromatic rings. The van der Waals surface area contributed by atoms with Gasteiger partial charge < -0.3 is 5.73 Å². The Morgan fingerprint density at radius 1 is 1.42 bits per heavy atom. The third-order valence-corrected chi connectivity index (χ3v) is 4.03. The van der Waals surface area contributed by atoms with E-state index in [2.05, 4.69) is 18.7 Å². The Kier molecular flexibility index (Phi) is 4.44. The van der Waals surface area contributed by atoms with Gasteiger partial charge in [0, 0.05) is 0 Å². The third-order valence-electron chi connectivity index (χ3n) is 3.05. The molecule has 0 atom stereocenters. The van der Waals surface area contributed by atoms with Crippen LogP contribution in [-0.2, 0) is 0 Å². The lowest BCUT2D eigenvalue weighted by molar-refractivity contribution is 0.130. The zero-order valence-corrected chi connectivity index (χ0v) is 8.96. The van der Waals surface area contributed by atoms with Crippen molar-refractivity contribution in [2.45, 2.75) is 39.0 Å². The molecule has 2 N–H and O–H groups in total. The summed E-state index contributed by atoms with van der Waals surface area (Å²) < 4.78 is 0. The van der Waals surface area contributed by atoms with Gasteiger partial charge in [-0.05, 0) is 49.1 Å². The van der Waals surface area contributed by atoms with Crippen LogP contribution in [0.25, 0.3) is 0 Å².